The van der Waals surface area contributed by atoms with Gasteiger partial charge in [-0.3, -0.25) is 9.48 Å². The predicted molar refractivity (Wildman–Crippen MR) is 93.8 cm³/mol. The van der Waals surface area contributed by atoms with Crippen LogP contribution >= 0.6 is 24.8 Å². The zero-order chi connectivity index (χ0) is 14.9. The number of rotatable bonds is 4. The van der Waals surface area contributed by atoms with Crippen molar-refractivity contribution in [2.24, 2.45) is 18.7 Å². The molecule has 22 heavy (non-hydrogen) atoms. The average Bonchev–Trinajstić information content (AvgIpc) is 2.98. The number of nitrogens with zero attached hydrogens (tertiary/aromatic N) is 3. The van der Waals surface area contributed by atoms with Crippen molar-refractivity contribution in [1.29, 1.82) is 0 Å². The monoisotopic (exact) mass is 350 g/mol. The van der Waals surface area contributed by atoms with Crippen molar-refractivity contribution in [3.05, 3.63) is 17.0 Å². The fourth-order valence-electron chi connectivity index (χ4n) is 3.16. The summed E-state index contributed by atoms with van der Waals surface area (Å²) in [5.41, 5.74) is 9.15. The second-order valence-corrected chi connectivity index (χ2v) is 5.94. The molecule has 1 aliphatic heterocycles. The fourth-order valence-corrected chi connectivity index (χ4v) is 3.16. The Morgan fingerprint density at radius 2 is 2.05 bits per heavy atom. The normalized spacial score (nSPS) is 18.6. The number of halogens is 2. The van der Waals surface area contributed by atoms with Crippen LogP contribution in [0.1, 0.15) is 36.7 Å². The highest BCUT2D eigenvalue weighted by molar-refractivity contribution is 5.85. The molecule has 0 spiro atoms. The van der Waals surface area contributed by atoms with E-state index in [2.05, 4.69) is 12.0 Å². The lowest BCUT2D eigenvalue weighted by atomic mass is 9.98. The fraction of sp³-hybridized carbons (Fsp3) is 0.733. The SMILES string of the molecule is Cc1nn(C)c(C)c1CC(C)C(=O)N1CCCC1CN.Cl.Cl. The summed E-state index contributed by atoms with van der Waals surface area (Å²) >= 11 is 0. The van der Waals surface area contributed by atoms with Crippen LogP contribution in [-0.2, 0) is 18.3 Å². The second kappa shape index (κ2) is 8.75. The van der Waals surface area contributed by atoms with Crippen LogP contribution in [0.3, 0.4) is 0 Å². The Kier molecular flexibility index (Phi) is 8.44. The Hall–Kier alpha value is -0.780. The van der Waals surface area contributed by atoms with Crippen LogP contribution in [0, 0.1) is 19.8 Å². The third kappa shape index (κ3) is 4.15. The van der Waals surface area contributed by atoms with Crippen LogP contribution in [-0.4, -0.2) is 39.7 Å². The average molecular weight is 351 g/mol. The van der Waals surface area contributed by atoms with Gasteiger partial charge < -0.3 is 10.6 Å². The van der Waals surface area contributed by atoms with Crippen molar-refractivity contribution >= 4 is 30.7 Å². The first-order valence-corrected chi connectivity index (χ1v) is 7.45. The van der Waals surface area contributed by atoms with E-state index in [0.29, 0.717) is 6.54 Å². The number of amides is 1. The molecule has 2 N–H and O–H groups in total. The van der Waals surface area contributed by atoms with Gasteiger partial charge in [0, 0.05) is 37.8 Å². The van der Waals surface area contributed by atoms with Crippen LogP contribution in [0.15, 0.2) is 0 Å². The molecule has 1 aliphatic rings. The summed E-state index contributed by atoms with van der Waals surface area (Å²) in [6.07, 6.45) is 2.88. The molecule has 1 aromatic rings. The van der Waals surface area contributed by atoms with Crippen LogP contribution in [0.4, 0.5) is 0 Å². The summed E-state index contributed by atoms with van der Waals surface area (Å²) in [6.45, 7) is 7.52. The number of aromatic nitrogens is 2. The Morgan fingerprint density at radius 1 is 1.41 bits per heavy atom. The Balaban J connectivity index is 0.00000220. The Morgan fingerprint density at radius 3 is 2.55 bits per heavy atom. The van der Waals surface area contributed by atoms with Gasteiger partial charge in [0.2, 0.25) is 5.91 Å². The molecule has 2 rings (SSSR count). The first-order valence-electron chi connectivity index (χ1n) is 7.45. The summed E-state index contributed by atoms with van der Waals surface area (Å²) in [5.74, 6) is 0.226. The maximum Gasteiger partial charge on any atom is 0.226 e. The third-order valence-corrected chi connectivity index (χ3v) is 4.52. The molecule has 1 saturated heterocycles. The lowest BCUT2D eigenvalue weighted by Crippen LogP contribution is -2.42. The lowest BCUT2D eigenvalue weighted by Gasteiger charge is -2.26. The predicted octanol–water partition coefficient (Wildman–Crippen LogP) is 2.01. The number of likely N-dealkylation sites (tertiary alicyclic amines) is 1. The molecule has 2 atom stereocenters. The molecule has 1 amide bonds. The van der Waals surface area contributed by atoms with E-state index in [0.717, 1.165) is 37.2 Å². The molecule has 0 radical (unpaired) electrons. The van der Waals surface area contributed by atoms with Gasteiger partial charge in [-0.2, -0.15) is 5.10 Å². The number of hydrogen-bond donors (Lipinski definition) is 1. The van der Waals surface area contributed by atoms with Crippen molar-refractivity contribution in [2.45, 2.75) is 46.1 Å². The number of carbonyl (C=O) groups excluding carboxylic acids is 1. The van der Waals surface area contributed by atoms with Gasteiger partial charge in [-0.25, -0.2) is 0 Å². The van der Waals surface area contributed by atoms with Crippen molar-refractivity contribution in [3.8, 4) is 0 Å². The van der Waals surface area contributed by atoms with Crippen molar-refractivity contribution in [2.75, 3.05) is 13.1 Å². The summed E-state index contributed by atoms with van der Waals surface area (Å²) in [6, 6.07) is 0.237. The summed E-state index contributed by atoms with van der Waals surface area (Å²) in [5, 5.41) is 4.42. The van der Waals surface area contributed by atoms with Gasteiger partial charge in [0.15, 0.2) is 0 Å². The summed E-state index contributed by atoms with van der Waals surface area (Å²) in [4.78, 5) is 14.6. The van der Waals surface area contributed by atoms with Crippen LogP contribution in [0.5, 0.6) is 0 Å². The van der Waals surface area contributed by atoms with E-state index >= 15 is 0 Å². The molecule has 2 heterocycles. The largest absolute Gasteiger partial charge is 0.338 e. The zero-order valence-corrected chi connectivity index (χ0v) is 15.5. The van der Waals surface area contributed by atoms with Gasteiger partial charge in [0.1, 0.15) is 0 Å². The molecule has 1 fully saturated rings. The molecule has 0 saturated carbocycles. The van der Waals surface area contributed by atoms with Crippen molar-refractivity contribution in [1.82, 2.24) is 14.7 Å². The molecular weight excluding hydrogens is 323 g/mol. The van der Waals surface area contributed by atoms with Gasteiger partial charge in [0.05, 0.1) is 5.69 Å². The van der Waals surface area contributed by atoms with Gasteiger partial charge in [-0.15, -0.1) is 24.8 Å². The molecule has 0 bridgehead atoms. The standard InChI is InChI=1S/C15H26N4O.2ClH/c1-10(8-14-11(2)17-18(4)12(14)3)15(20)19-7-5-6-13(19)9-16;;/h10,13H,5-9,16H2,1-4H3;2*1H. The minimum Gasteiger partial charge on any atom is -0.338 e. The Bertz CT molecular complexity index is 504. The van der Waals surface area contributed by atoms with Crippen molar-refractivity contribution in [3.63, 3.8) is 0 Å². The first-order chi connectivity index (χ1) is 9.45. The van der Waals surface area contributed by atoms with Crippen molar-refractivity contribution < 1.29 is 4.79 Å². The van der Waals surface area contributed by atoms with E-state index in [4.69, 9.17) is 5.73 Å². The first kappa shape index (κ1) is 21.2. The molecule has 0 aliphatic carbocycles. The lowest BCUT2D eigenvalue weighted by molar-refractivity contribution is -0.135. The van der Waals surface area contributed by atoms with E-state index in [-0.39, 0.29) is 42.7 Å². The zero-order valence-electron chi connectivity index (χ0n) is 13.8. The van der Waals surface area contributed by atoms with E-state index in [1.807, 2.05) is 30.5 Å². The highest BCUT2D eigenvalue weighted by Crippen LogP contribution is 2.22. The Labute approximate surface area is 145 Å². The minimum atomic E-state index is -0.0104. The van der Waals surface area contributed by atoms with Gasteiger partial charge >= 0.3 is 0 Å². The van der Waals surface area contributed by atoms with E-state index in [1.165, 1.54) is 5.56 Å². The molecule has 128 valence electrons. The summed E-state index contributed by atoms with van der Waals surface area (Å²) < 4.78 is 1.89. The quantitative estimate of drug-likeness (QED) is 0.903. The molecule has 2 unspecified atom stereocenters. The van der Waals surface area contributed by atoms with E-state index in [1.54, 1.807) is 0 Å². The van der Waals surface area contributed by atoms with Crippen LogP contribution in [0.25, 0.3) is 0 Å². The summed E-state index contributed by atoms with van der Waals surface area (Å²) in [7, 11) is 1.95. The third-order valence-electron chi connectivity index (χ3n) is 4.52. The molecule has 7 heteroatoms. The van der Waals surface area contributed by atoms with Crippen LogP contribution in [0.2, 0.25) is 0 Å². The molecule has 1 aromatic heterocycles. The second-order valence-electron chi connectivity index (χ2n) is 5.94. The van der Waals surface area contributed by atoms with E-state index < -0.39 is 0 Å². The smallest absolute Gasteiger partial charge is 0.226 e. The van der Waals surface area contributed by atoms with E-state index in [9.17, 15) is 4.79 Å². The number of carbonyl (C=O) groups is 1. The highest BCUT2D eigenvalue weighted by atomic mass is 35.5. The number of nitrogens with two attached hydrogens (primary N) is 1. The maximum atomic E-state index is 12.6. The van der Waals surface area contributed by atoms with Crippen LogP contribution < -0.4 is 5.73 Å². The van der Waals surface area contributed by atoms with Gasteiger partial charge in [0.25, 0.3) is 0 Å². The van der Waals surface area contributed by atoms with Gasteiger partial charge in [-0.1, -0.05) is 6.92 Å². The maximum absolute atomic E-state index is 12.6. The number of aryl methyl sites for hydroxylation is 2. The highest BCUT2D eigenvalue weighted by Gasteiger charge is 2.31. The van der Waals surface area contributed by atoms with Gasteiger partial charge in [-0.05, 0) is 38.7 Å². The minimum absolute atomic E-state index is 0. The topological polar surface area (TPSA) is 64.2 Å². The molecule has 0 aromatic carbocycles. The number of hydrogen-bond acceptors (Lipinski definition) is 3. The molecule has 5 nitrogen and oxygen atoms in total. The molecular formula is C15H28Cl2N4O.